The number of carboxylic acid groups (broad SMARTS) is 1. The summed E-state index contributed by atoms with van der Waals surface area (Å²) < 4.78 is 6.63. The maximum absolute atomic E-state index is 12.5. The number of benzene rings is 3. The van der Waals surface area contributed by atoms with Crippen molar-refractivity contribution in [1.29, 1.82) is 0 Å². The molecule has 3 N–H and O–H groups in total. The van der Waals surface area contributed by atoms with Crippen molar-refractivity contribution in [2.24, 2.45) is 0 Å². The summed E-state index contributed by atoms with van der Waals surface area (Å²) in [6.07, 6.45) is 1.43. The van der Waals surface area contributed by atoms with Crippen molar-refractivity contribution >= 4 is 39.8 Å². The first kappa shape index (κ1) is 23.7. The quantitative estimate of drug-likeness (QED) is 0.294. The number of rotatable bonds is 9. The fourth-order valence-corrected chi connectivity index (χ4v) is 2.98. The Bertz CT molecular complexity index is 1160. The van der Waals surface area contributed by atoms with E-state index in [0.717, 1.165) is 4.47 Å². The first-order chi connectivity index (χ1) is 15.9. The first-order valence-electron chi connectivity index (χ1n) is 9.67. The molecule has 0 saturated carbocycles. The predicted octanol–water partition coefficient (Wildman–Crippen LogP) is 4.14. The summed E-state index contributed by atoms with van der Waals surface area (Å²) in [6.45, 7) is -0.729. The Kier molecular flexibility index (Phi) is 8.34. The molecule has 9 heteroatoms. The van der Waals surface area contributed by atoms with Crippen LogP contribution in [0.5, 0.6) is 11.5 Å². The van der Waals surface area contributed by atoms with Crippen molar-refractivity contribution in [3.63, 3.8) is 0 Å². The monoisotopic (exact) mass is 510 g/mol. The summed E-state index contributed by atoms with van der Waals surface area (Å²) in [5.74, 6) is -1.36. The van der Waals surface area contributed by atoms with Crippen molar-refractivity contribution in [1.82, 2.24) is 10.8 Å². The summed E-state index contributed by atoms with van der Waals surface area (Å²) in [4.78, 5) is 40.3. The minimum atomic E-state index is -1.25. The number of carbonyl (C=O) groups is 3. The summed E-state index contributed by atoms with van der Waals surface area (Å²) >= 11 is 3.42. The molecule has 0 unspecified atom stereocenters. The van der Waals surface area contributed by atoms with Crippen molar-refractivity contribution in [3.8, 4) is 11.5 Å². The second-order valence-corrected chi connectivity index (χ2v) is 7.45. The Morgan fingerprint density at radius 3 is 2.24 bits per heavy atom. The Labute approximate surface area is 197 Å². The van der Waals surface area contributed by atoms with E-state index in [9.17, 15) is 14.4 Å². The average molecular weight is 511 g/mol. The van der Waals surface area contributed by atoms with Gasteiger partial charge in [0.25, 0.3) is 11.8 Å². The second kappa shape index (κ2) is 11.6. The molecule has 0 heterocycles. The third-order valence-electron chi connectivity index (χ3n) is 4.14. The summed E-state index contributed by atoms with van der Waals surface area (Å²) in [5.41, 5.74) is 2.81. The molecule has 0 fully saturated rings. The number of hydrogen-bond donors (Lipinski definition) is 3. The van der Waals surface area contributed by atoms with Crippen LogP contribution in [0.1, 0.15) is 15.9 Å². The molecular formula is C24H19BrN2O6. The molecule has 0 spiro atoms. The molecule has 0 aliphatic rings. The largest absolute Gasteiger partial charge is 0.479 e. The molecule has 3 aromatic carbocycles. The highest BCUT2D eigenvalue weighted by molar-refractivity contribution is 9.10. The van der Waals surface area contributed by atoms with E-state index in [4.69, 9.17) is 9.84 Å². The van der Waals surface area contributed by atoms with E-state index in [0.29, 0.717) is 22.6 Å². The van der Waals surface area contributed by atoms with Gasteiger partial charge in [-0.3, -0.25) is 14.4 Å². The normalized spacial score (nSPS) is 10.9. The van der Waals surface area contributed by atoms with Gasteiger partial charge in [0, 0.05) is 5.56 Å². The van der Waals surface area contributed by atoms with Crippen LogP contribution in [0.2, 0.25) is 0 Å². The fourth-order valence-electron chi connectivity index (χ4n) is 2.61. The van der Waals surface area contributed by atoms with Gasteiger partial charge in [0.15, 0.2) is 6.61 Å². The third kappa shape index (κ3) is 7.30. The summed E-state index contributed by atoms with van der Waals surface area (Å²) in [6, 6.07) is 22.6. The number of aliphatic carboxylic acids is 1. The zero-order chi connectivity index (χ0) is 23.6. The lowest BCUT2D eigenvalue weighted by atomic mass is 10.1. The van der Waals surface area contributed by atoms with Gasteiger partial charge in [-0.1, -0.05) is 42.5 Å². The highest BCUT2D eigenvalue weighted by Gasteiger charge is 2.15. The first-order valence-corrected chi connectivity index (χ1v) is 10.5. The number of carbonyl (C=O) groups excluding carboxylic acids is 2. The number of amides is 2. The van der Waals surface area contributed by atoms with Crippen LogP contribution in [0.25, 0.3) is 6.08 Å². The summed E-state index contributed by atoms with van der Waals surface area (Å²) in [7, 11) is 0. The van der Waals surface area contributed by atoms with Crippen LogP contribution in [0.4, 0.5) is 0 Å². The lowest BCUT2D eigenvalue weighted by Crippen LogP contribution is -2.35. The molecule has 33 heavy (non-hydrogen) atoms. The van der Waals surface area contributed by atoms with Gasteiger partial charge in [0.05, 0.1) is 4.47 Å². The third-order valence-corrected chi connectivity index (χ3v) is 4.80. The number of ether oxygens (including phenoxy) is 1. The van der Waals surface area contributed by atoms with Crippen molar-refractivity contribution in [3.05, 3.63) is 100 Å². The van der Waals surface area contributed by atoms with E-state index in [2.05, 4.69) is 26.1 Å². The zero-order valence-electron chi connectivity index (χ0n) is 17.2. The molecule has 2 amide bonds. The second-order valence-electron chi connectivity index (χ2n) is 6.59. The molecule has 0 radical (unpaired) electrons. The molecule has 0 saturated heterocycles. The van der Waals surface area contributed by atoms with Gasteiger partial charge in [-0.15, -0.1) is 0 Å². The number of para-hydroxylation sites is 1. The maximum Gasteiger partial charge on any atom is 0.332 e. The van der Waals surface area contributed by atoms with E-state index in [1.54, 1.807) is 54.6 Å². The van der Waals surface area contributed by atoms with E-state index >= 15 is 0 Å². The number of nitrogens with one attached hydrogen (secondary N) is 2. The lowest BCUT2D eigenvalue weighted by molar-refractivity contribution is -0.148. The number of hydroxylamine groups is 1. The molecule has 0 bridgehead atoms. The van der Waals surface area contributed by atoms with E-state index in [1.807, 2.05) is 29.7 Å². The molecule has 0 aromatic heterocycles. The van der Waals surface area contributed by atoms with Gasteiger partial charge >= 0.3 is 5.97 Å². The SMILES string of the molecule is O=C(O)CONC(=O)C(=Cc1ccc(Oc2ccccc2Br)cc1)NC(=O)c1ccccc1. The fraction of sp³-hybridized carbons (Fsp3) is 0.0417. The van der Waals surface area contributed by atoms with E-state index in [-0.39, 0.29) is 5.70 Å². The Morgan fingerprint density at radius 2 is 1.58 bits per heavy atom. The summed E-state index contributed by atoms with van der Waals surface area (Å²) in [5, 5.41) is 11.2. The van der Waals surface area contributed by atoms with Crippen LogP contribution in [-0.2, 0) is 14.4 Å². The van der Waals surface area contributed by atoms with Crippen LogP contribution in [0.15, 0.2) is 89.0 Å². The predicted molar refractivity (Wildman–Crippen MR) is 124 cm³/mol. The molecule has 0 atom stereocenters. The van der Waals surface area contributed by atoms with Crippen molar-refractivity contribution < 1.29 is 29.1 Å². The molecule has 8 nitrogen and oxygen atoms in total. The molecule has 3 aromatic rings. The molecule has 0 aliphatic carbocycles. The van der Waals surface area contributed by atoms with Gasteiger partial charge in [0.2, 0.25) is 0 Å². The van der Waals surface area contributed by atoms with Crippen LogP contribution in [-0.4, -0.2) is 29.5 Å². The van der Waals surface area contributed by atoms with Crippen LogP contribution >= 0.6 is 15.9 Å². The minimum Gasteiger partial charge on any atom is -0.479 e. The van der Waals surface area contributed by atoms with Gasteiger partial charge in [0.1, 0.15) is 17.2 Å². The van der Waals surface area contributed by atoms with E-state index in [1.165, 1.54) is 6.08 Å². The number of carboxylic acids is 1. The topological polar surface area (TPSA) is 114 Å². The van der Waals surface area contributed by atoms with Crippen LogP contribution in [0, 0.1) is 0 Å². The van der Waals surface area contributed by atoms with Crippen LogP contribution < -0.4 is 15.5 Å². The molecule has 168 valence electrons. The van der Waals surface area contributed by atoms with Crippen molar-refractivity contribution in [2.75, 3.05) is 6.61 Å². The number of hydrogen-bond acceptors (Lipinski definition) is 5. The van der Waals surface area contributed by atoms with E-state index < -0.39 is 24.4 Å². The number of halogens is 1. The molecule has 3 rings (SSSR count). The van der Waals surface area contributed by atoms with Gasteiger partial charge in [-0.2, -0.15) is 0 Å². The Morgan fingerprint density at radius 1 is 0.909 bits per heavy atom. The van der Waals surface area contributed by atoms with Crippen molar-refractivity contribution in [2.45, 2.75) is 0 Å². The minimum absolute atomic E-state index is 0.131. The maximum atomic E-state index is 12.5. The lowest BCUT2D eigenvalue weighted by Gasteiger charge is -2.11. The van der Waals surface area contributed by atoms with Gasteiger partial charge in [-0.25, -0.2) is 10.3 Å². The highest BCUT2D eigenvalue weighted by atomic mass is 79.9. The highest BCUT2D eigenvalue weighted by Crippen LogP contribution is 2.29. The zero-order valence-corrected chi connectivity index (χ0v) is 18.7. The smallest absolute Gasteiger partial charge is 0.332 e. The Balaban J connectivity index is 1.78. The van der Waals surface area contributed by atoms with Gasteiger partial charge in [-0.05, 0) is 64.0 Å². The van der Waals surface area contributed by atoms with Gasteiger partial charge < -0.3 is 15.2 Å². The molecular weight excluding hydrogens is 492 g/mol. The Hall–Kier alpha value is -3.95. The average Bonchev–Trinajstić information content (AvgIpc) is 2.81. The molecule has 0 aliphatic heterocycles. The van der Waals surface area contributed by atoms with Crippen LogP contribution in [0.3, 0.4) is 0 Å². The standard InChI is InChI=1S/C24H19BrN2O6/c25-19-8-4-5-9-21(19)33-18-12-10-16(11-13-18)14-20(24(31)27-32-15-22(28)29)26-23(30)17-6-2-1-3-7-17/h1-14H,15H2,(H,26,30)(H,27,31)(H,28,29).